The number of hydrogen-bond donors (Lipinski definition) is 2. The summed E-state index contributed by atoms with van der Waals surface area (Å²) in [7, 11) is 0. The zero-order valence-corrected chi connectivity index (χ0v) is 19.3. The van der Waals surface area contributed by atoms with Crippen LogP contribution in [0.25, 0.3) is 5.65 Å². The van der Waals surface area contributed by atoms with Crippen LogP contribution in [0.5, 0.6) is 11.5 Å². The topological polar surface area (TPSA) is 85.1 Å². The Morgan fingerprint density at radius 2 is 2.00 bits per heavy atom. The van der Waals surface area contributed by atoms with Crippen LogP contribution in [0.3, 0.4) is 0 Å². The average Bonchev–Trinajstić information content (AvgIpc) is 3.00. The smallest absolute Gasteiger partial charge is 0.195 e. The Morgan fingerprint density at radius 3 is 2.87 bits per heavy atom. The van der Waals surface area contributed by atoms with Crippen molar-refractivity contribution in [3.8, 4) is 11.5 Å². The number of guanidine groups is 1. The molecule has 9 heteroatoms. The van der Waals surface area contributed by atoms with E-state index in [1.54, 1.807) is 0 Å². The molecule has 30 heavy (non-hydrogen) atoms. The van der Waals surface area contributed by atoms with Gasteiger partial charge in [0.15, 0.2) is 23.1 Å². The second kappa shape index (κ2) is 11.0. The lowest BCUT2D eigenvalue weighted by atomic mass is 10.2. The molecular weight excluding hydrogens is 495 g/mol. The number of aliphatic imine (C=N–C) groups is 1. The molecule has 0 saturated heterocycles. The molecule has 160 valence electrons. The average molecular weight is 522 g/mol. The maximum absolute atomic E-state index is 5.77. The first-order valence-electron chi connectivity index (χ1n) is 10.1. The van der Waals surface area contributed by atoms with E-state index < -0.39 is 0 Å². The predicted molar refractivity (Wildman–Crippen MR) is 128 cm³/mol. The Hall–Kier alpha value is -2.56. The van der Waals surface area contributed by atoms with E-state index in [4.69, 9.17) is 9.47 Å². The number of nitrogens with one attached hydrogen (secondary N) is 2. The lowest BCUT2D eigenvalue weighted by molar-refractivity contribution is 0.297. The van der Waals surface area contributed by atoms with Crippen LogP contribution in [0.1, 0.15) is 25.6 Å². The predicted octanol–water partition coefficient (Wildman–Crippen LogP) is 3.52. The molecule has 0 unspecified atom stereocenters. The minimum atomic E-state index is 0. The van der Waals surface area contributed by atoms with Crippen LogP contribution >= 0.6 is 24.0 Å². The van der Waals surface area contributed by atoms with Crippen molar-refractivity contribution in [1.29, 1.82) is 0 Å². The van der Waals surface area contributed by atoms with Gasteiger partial charge >= 0.3 is 0 Å². The molecule has 0 bridgehead atoms. The van der Waals surface area contributed by atoms with Crippen molar-refractivity contribution in [3.63, 3.8) is 0 Å². The Morgan fingerprint density at radius 1 is 1.13 bits per heavy atom. The largest absolute Gasteiger partial charge is 0.490 e. The number of pyridine rings is 1. The highest BCUT2D eigenvalue weighted by Crippen LogP contribution is 2.32. The van der Waals surface area contributed by atoms with Gasteiger partial charge in [0.05, 0.1) is 13.2 Å². The van der Waals surface area contributed by atoms with Crippen molar-refractivity contribution in [1.82, 2.24) is 19.9 Å². The van der Waals surface area contributed by atoms with Gasteiger partial charge in [-0.25, -0.2) is 0 Å². The normalized spacial score (nSPS) is 13.4. The molecule has 0 saturated carbocycles. The first-order chi connectivity index (χ1) is 14.3. The highest BCUT2D eigenvalue weighted by Gasteiger charge is 2.11. The van der Waals surface area contributed by atoms with E-state index in [1.165, 1.54) is 0 Å². The van der Waals surface area contributed by atoms with E-state index in [0.717, 1.165) is 60.4 Å². The molecule has 1 aliphatic heterocycles. The maximum atomic E-state index is 5.77. The number of ether oxygens (including phenoxy) is 2. The monoisotopic (exact) mass is 522 g/mol. The third-order valence-corrected chi connectivity index (χ3v) is 4.57. The lowest BCUT2D eigenvalue weighted by Gasteiger charge is -2.13. The second-order valence-electron chi connectivity index (χ2n) is 6.75. The zero-order chi connectivity index (χ0) is 19.9. The number of rotatable bonds is 6. The summed E-state index contributed by atoms with van der Waals surface area (Å²) in [6, 6.07) is 11.8. The van der Waals surface area contributed by atoms with Gasteiger partial charge in [-0.1, -0.05) is 6.07 Å². The van der Waals surface area contributed by atoms with Crippen molar-refractivity contribution in [3.05, 3.63) is 48.4 Å². The standard InChI is InChI=1S/C21H26N6O2.HI/c1-2-22-21(24-16-9-10-17-18(15-16)29-14-6-13-28-17)23-11-5-8-20-26-25-19-7-3-4-12-27(19)20;/h3-4,7,9-10,12,15H,2,5-6,8,11,13-14H2,1H3,(H2,22,23,24);1H. The van der Waals surface area contributed by atoms with Gasteiger partial charge in [0.2, 0.25) is 0 Å². The molecule has 2 aromatic heterocycles. The maximum Gasteiger partial charge on any atom is 0.195 e. The summed E-state index contributed by atoms with van der Waals surface area (Å²) in [5, 5.41) is 15.1. The molecule has 4 rings (SSSR count). The number of aryl methyl sites for hydroxylation is 1. The molecule has 0 atom stereocenters. The van der Waals surface area contributed by atoms with Gasteiger partial charge in [-0.15, -0.1) is 34.2 Å². The third-order valence-electron chi connectivity index (χ3n) is 4.57. The van der Waals surface area contributed by atoms with Crippen molar-refractivity contribution in [2.45, 2.75) is 26.2 Å². The fraction of sp³-hybridized carbons (Fsp3) is 0.381. The number of benzene rings is 1. The molecular formula is C21H27IN6O2. The Kier molecular flexibility index (Phi) is 8.12. The number of fused-ring (bicyclic) bond motifs is 2. The number of anilines is 1. The Bertz CT molecular complexity index is 991. The van der Waals surface area contributed by atoms with Crippen molar-refractivity contribution < 1.29 is 9.47 Å². The van der Waals surface area contributed by atoms with Crippen LogP contribution in [0.15, 0.2) is 47.6 Å². The minimum absolute atomic E-state index is 0. The Balaban J connectivity index is 0.00000256. The molecule has 3 heterocycles. The van der Waals surface area contributed by atoms with Gasteiger partial charge in [-0.2, -0.15) is 0 Å². The third kappa shape index (κ3) is 5.53. The van der Waals surface area contributed by atoms with E-state index in [2.05, 4.69) is 25.8 Å². The van der Waals surface area contributed by atoms with Crippen LogP contribution in [0.2, 0.25) is 0 Å². The first-order valence-corrected chi connectivity index (χ1v) is 10.1. The fourth-order valence-electron chi connectivity index (χ4n) is 3.17. The van der Waals surface area contributed by atoms with Crippen LogP contribution < -0.4 is 20.1 Å². The highest BCUT2D eigenvalue weighted by molar-refractivity contribution is 14.0. The van der Waals surface area contributed by atoms with Gasteiger partial charge in [0, 0.05) is 43.9 Å². The van der Waals surface area contributed by atoms with Gasteiger partial charge in [-0.3, -0.25) is 9.39 Å². The molecule has 2 N–H and O–H groups in total. The lowest BCUT2D eigenvalue weighted by Crippen LogP contribution is -2.30. The van der Waals surface area contributed by atoms with Crippen LogP contribution in [-0.4, -0.2) is 46.9 Å². The van der Waals surface area contributed by atoms with E-state index >= 15 is 0 Å². The van der Waals surface area contributed by atoms with Gasteiger partial charge in [0.25, 0.3) is 0 Å². The zero-order valence-electron chi connectivity index (χ0n) is 17.0. The number of aromatic nitrogens is 3. The molecule has 8 nitrogen and oxygen atoms in total. The summed E-state index contributed by atoms with van der Waals surface area (Å²) < 4.78 is 13.5. The molecule has 3 aromatic rings. The Labute approximate surface area is 193 Å². The summed E-state index contributed by atoms with van der Waals surface area (Å²) in [5.41, 5.74) is 1.79. The SMILES string of the molecule is CCNC(=NCCCc1nnc2ccccn12)Nc1ccc2c(c1)OCCCO2.I. The summed E-state index contributed by atoms with van der Waals surface area (Å²) in [6.45, 7) is 4.87. The van der Waals surface area contributed by atoms with E-state index in [-0.39, 0.29) is 24.0 Å². The van der Waals surface area contributed by atoms with Gasteiger partial charge in [0.1, 0.15) is 5.82 Å². The van der Waals surface area contributed by atoms with Crippen molar-refractivity contribution >= 4 is 41.3 Å². The number of nitrogens with zero attached hydrogens (tertiary/aromatic N) is 4. The summed E-state index contributed by atoms with van der Waals surface area (Å²) in [4.78, 5) is 4.68. The highest BCUT2D eigenvalue weighted by atomic mass is 127. The molecule has 0 radical (unpaired) electrons. The molecule has 0 spiro atoms. The van der Waals surface area contributed by atoms with E-state index in [9.17, 15) is 0 Å². The minimum Gasteiger partial charge on any atom is -0.490 e. The molecule has 1 aromatic carbocycles. The van der Waals surface area contributed by atoms with Crippen molar-refractivity contribution in [2.24, 2.45) is 4.99 Å². The quantitative estimate of drug-likeness (QED) is 0.223. The number of halogens is 1. The van der Waals surface area contributed by atoms with Crippen LogP contribution in [0, 0.1) is 0 Å². The van der Waals surface area contributed by atoms with E-state index in [1.807, 2.05) is 53.9 Å². The number of hydrogen-bond acceptors (Lipinski definition) is 5. The van der Waals surface area contributed by atoms with Gasteiger partial charge < -0.3 is 20.1 Å². The van der Waals surface area contributed by atoms with Crippen LogP contribution in [-0.2, 0) is 6.42 Å². The molecule has 0 amide bonds. The van der Waals surface area contributed by atoms with Crippen molar-refractivity contribution in [2.75, 3.05) is 31.6 Å². The fourth-order valence-corrected chi connectivity index (χ4v) is 3.17. The molecule has 1 aliphatic rings. The summed E-state index contributed by atoms with van der Waals surface area (Å²) in [5.74, 6) is 3.25. The molecule has 0 fully saturated rings. The van der Waals surface area contributed by atoms with Gasteiger partial charge in [-0.05, 0) is 37.6 Å². The first kappa shape index (κ1) is 22.1. The van der Waals surface area contributed by atoms with Crippen LogP contribution in [0.4, 0.5) is 5.69 Å². The summed E-state index contributed by atoms with van der Waals surface area (Å²) >= 11 is 0. The van der Waals surface area contributed by atoms with E-state index in [0.29, 0.717) is 19.8 Å². The molecule has 0 aliphatic carbocycles. The second-order valence-corrected chi connectivity index (χ2v) is 6.75. The summed E-state index contributed by atoms with van der Waals surface area (Å²) in [6.07, 6.45) is 4.58.